The maximum absolute atomic E-state index is 12.6. The van der Waals surface area contributed by atoms with Gasteiger partial charge in [0.05, 0.1) is 5.52 Å². The molecule has 1 aromatic heterocycles. The Morgan fingerprint density at radius 1 is 1.25 bits per heavy atom. The monoisotopic (exact) mass is 338 g/mol. The third-order valence-electron chi connectivity index (χ3n) is 4.46. The molecular formula is C17H17F3N2O2. The Labute approximate surface area is 136 Å². The van der Waals surface area contributed by atoms with E-state index in [0.29, 0.717) is 5.56 Å². The fraction of sp³-hybridized carbons (Fsp3) is 0.412. The van der Waals surface area contributed by atoms with Gasteiger partial charge in [-0.05, 0) is 43.0 Å². The first-order valence-electron chi connectivity index (χ1n) is 7.75. The van der Waals surface area contributed by atoms with Gasteiger partial charge in [-0.15, -0.1) is 0 Å². The standard InChI is InChI=1S/C17H17F3N2O2/c18-17(19,20)15(23)11-5-8-22(9-6-11)16(24)13-3-4-14-12(10-13)2-1-7-21-14/h1-4,7,10-11,15,23H,5-6,8-9H2. The van der Waals surface area contributed by atoms with Crippen molar-refractivity contribution in [1.82, 2.24) is 9.88 Å². The molecule has 1 atom stereocenters. The summed E-state index contributed by atoms with van der Waals surface area (Å²) < 4.78 is 37.7. The van der Waals surface area contributed by atoms with Gasteiger partial charge in [-0.3, -0.25) is 9.78 Å². The number of fused-ring (bicyclic) bond motifs is 1. The fourth-order valence-electron chi connectivity index (χ4n) is 3.08. The lowest BCUT2D eigenvalue weighted by atomic mass is 9.90. The van der Waals surface area contributed by atoms with Crippen molar-refractivity contribution in [2.75, 3.05) is 13.1 Å². The first kappa shape index (κ1) is 16.7. The van der Waals surface area contributed by atoms with E-state index in [1.165, 1.54) is 4.90 Å². The lowest BCUT2D eigenvalue weighted by Gasteiger charge is -2.34. The van der Waals surface area contributed by atoms with Crippen LogP contribution in [0.4, 0.5) is 13.2 Å². The molecule has 4 nitrogen and oxygen atoms in total. The summed E-state index contributed by atoms with van der Waals surface area (Å²) in [6.45, 7) is 0.420. The fourth-order valence-corrected chi connectivity index (χ4v) is 3.08. The first-order valence-corrected chi connectivity index (χ1v) is 7.75. The van der Waals surface area contributed by atoms with Crippen LogP contribution in [0.3, 0.4) is 0 Å². The van der Waals surface area contributed by atoms with Crippen molar-refractivity contribution >= 4 is 16.8 Å². The number of pyridine rings is 1. The van der Waals surface area contributed by atoms with E-state index in [9.17, 15) is 23.1 Å². The molecule has 0 bridgehead atoms. The predicted octanol–water partition coefficient (Wildman–Crippen LogP) is 3.01. The number of rotatable bonds is 2. The number of piperidine rings is 1. The summed E-state index contributed by atoms with van der Waals surface area (Å²) in [7, 11) is 0. The van der Waals surface area contributed by atoms with E-state index in [1.54, 1.807) is 30.5 Å². The van der Waals surface area contributed by atoms with Crippen molar-refractivity contribution in [3.8, 4) is 0 Å². The van der Waals surface area contributed by atoms with E-state index in [4.69, 9.17) is 0 Å². The van der Waals surface area contributed by atoms with Crippen LogP contribution in [0.2, 0.25) is 0 Å². The van der Waals surface area contributed by atoms with Gasteiger partial charge >= 0.3 is 6.18 Å². The number of aromatic nitrogens is 1. The van der Waals surface area contributed by atoms with Crippen LogP contribution >= 0.6 is 0 Å². The number of carbonyl (C=O) groups is 1. The summed E-state index contributed by atoms with van der Waals surface area (Å²) in [5.74, 6) is -1.06. The van der Waals surface area contributed by atoms with Gasteiger partial charge in [0, 0.05) is 30.2 Å². The van der Waals surface area contributed by atoms with Crippen LogP contribution in [0.5, 0.6) is 0 Å². The molecule has 1 aliphatic rings. The van der Waals surface area contributed by atoms with Crippen LogP contribution in [0.25, 0.3) is 10.9 Å². The average molecular weight is 338 g/mol. The first-order chi connectivity index (χ1) is 11.4. The Balaban J connectivity index is 1.68. The Morgan fingerprint density at radius 2 is 1.96 bits per heavy atom. The van der Waals surface area contributed by atoms with E-state index in [2.05, 4.69) is 4.98 Å². The highest BCUT2D eigenvalue weighted by molar-refractivity contribution is 5.97. The molecule has 1 unspecified atom stereocenters. The molecule has 1 aromatic carbocycles. The largest absolute Gasteiger partial charge is 0.414 e. The number of carbonyl (C=O) groups excluding carboxylic acids is 1. The van der Waals surface area contributed by atoms with Crippen molar-refractivity contribution < 1.29 is 23.1 Å². The van der Waals surface area contributed by atoms with Gasteiger partial charge in [-0.2, -0.15) is 13.2 Å². The molecule has 0 aliphatic carbocycles. The minimum Gasteiger partial charge on any atom is -0.383 e. The molecule has 1 amide bonds. The van der Waals surface area contributed by atoms with Crippen molar-refractivity contribution in [1.29, 1.82) is 0 Å². The number of hydrogen-bond donors (Lipinski definition) is 1. The summed E-state index contributed by atoms with van der Waals surface area (Å²) in [6.07, 6.45) is -4.98. The summed E-state index contributed by atoms with van der Waals surface area (Å²) in [4.78, 5) is 18.3. The molecule has 1 fully saturated rings. The quantitative estimate of drug-likeness (QED) is 0.916. The summed E-state index contributed by atoms with van der Waals surface area (Å²) in [5, 5.41) is 10.2. The van der Waals surface area contributed by atoms with E-state index in [1.807, 2.05) is 6.07 Å². The molecule has 128 valence electrons. The SMILES string of the molecule is O=C(c1ccc2ncccc2c1)N1CCC(C(O)C(F)(F)F)CC1. The number of alkyl halides is 3. The molecule has 3 rings (SSSR count). The second-order valence-electron chi connectivity index (χ2n) is 6.03. The number of likely N-dealkylation sites (tertiary alicyclic amines) is 1. The summed E-state index contributed by atoms with van der Waals surface area (Å²) >= 11 is 0. The van der Waals surface area contributed by atoms with Gasteiger partial charge in [-0.1, -0.05) is 6.07 Å². The number of aliphatic hydroxyl groups is 1. The number of aliphatic hydroxyl groups excluding tert-OH is 1. The Kier molecular flexibility index (Phi) is 4.45. The van der Waals surface area contributed by atoms with Crippen LogP contribution in [0.15, 0.2) is 36.5 Å². The highest BCUT2D eigenvalue weighted by Gasteiger charge is 2.44. The van der Waals surface area contributed by atoms with Crippen LogP contribution in [-0.2, 0) is 0 Å². The molecule has 0 spiro atoms. The maximum Gasteiger partial charge on any atom is 0.414 e. The molecular weight excluding hydrogens is 321 g/mol. The van der Waals surface area contributed by atoms with E-state index >= 15 is 0 Å². The van der Waals surface area contributed by atoms with Crippen LogP contribution in [0.1, 0.15) is 23.2 Å². The minimum absolute atomic E-state index is 0.140. The number of hydrogen-bond acceptors (Lipinski definition) is 3. The highest BCUT2D eigenvalue weighted by atomic mass is 19.4. The Morgan fingerprint density at radius 3 is 2.62 bits per heavy atom. The number of halogens is 3. The van der Waals surface area contributed by atoms with Crippen molar-refractivity contribution in [2.45, 2.75) is 25.1 Å². The predicted molar refractivity (Wildman–Crippen MR) is 82.4 cm³/mol. The molecule has 7 heteroatoms. The normalized spacial score (nSPS) is 17.9. The van der Waals surface area contributed by atoms with Gasteiger partial charge in [-0.25, -0.2) is 0 Å². The smallest absolute Gasteiger partial charge is 0.383 e. The van der Waals surface area contributed by atoms with Gasteiger partial charge in [0.1, 0.15) is 0 Å². The molecule has 0 radical (unpaired) electrons. The molecule has 2 aromatic rings. The second-order valence-corrected chi connectivity index (χ2v) is 6.03. The van der Waals surface area contributed by atoms with Gasteiger partial charge in [0.2, 0.25) is 0 Å². The third kappa shape index (κ3) is 3.36. The minimum atomic E-state index is -4.61. The molecule has 1 saturated heterocycles. The number of nitrogens with zero attached hydrogens (tertiary/aromatic N) is 2. The van der Waals surface area contributed by atoms with E-state index in [-0.39, 0.29) is 31.8 Å². The topological polar surface area (TPSA) is 53.4 Å². The zero-order chi connectivity index (χ0) is 17.3. The van der Waals surface area contributed by atoms with Crippen LogP contribution in [-0.4, -0.2) is 46.3 Å². The third-order valence-corrected chi connectivity index (χ3v) is 4.46. The summed E-state index contributed by atoms with van der Waals surface area (Å²) in [5.41, 5.74) is 1.27. The second kappa shape index (κ2) is 6.39. The molecule has 0 saturated carbocycles. The number of benzene rings is 1. The average Bonchev–Trinajstić information content (AvgIpc) is 2.59. The molecule has 2 heterocycles. The van der Waals surface area contributed by atoms with E-state index < -0.39 is 18.2 Å². The van der Waals surface area contributed by atoms with Crippen molar-refractivity contribution in [3.63, 3.8) is 0 Å². The van der Waals surface area contributed by atoms with E-state index in [0.717, 1.165) is 10.9 Å². The zero-order valence-electron chi connectivity index (χ0n) is 12.8. The van der Waals surface area contributed by atoms with Gasteiger partial charge < -0.3 is 10.0 Å². The number of amides is 1. The van der Waals surface area contributed by atoms with Gasteiger partial charge in [0.25, 0.3) is 5.91 Å². The molecule has 1 N–H and O–H groups in total. The van der Waals surface area contributed by atoms with Crippen molar-refractivity contribution in [3.05, 3.63) is 42.1 Å². The van der Waals surface area contributed by atoms with Crippen LogP contribution < -0.4 is 0 Å². The van der Waals surface area contributed by atoms with Crippen molar-refractivity contribution in [2.24, 2.45) is 5.92 Å². The Hall–Kier alpha value is -2.15. The Bertz CT molecular complexity index is 740. The van der Waals surface area contributed by atoms with Gasteiger partial charge in [0.15, 0.2) is 6.10 Å². The molecule has 1 aliphatic heterocycles. The maximum atomic E-state index is 12.6. The lowest BCUT2D eigenvalue weighted by molar-refractivity contribution is -0.222. The lowest BCUT2D eigenvalue weighted by Crippen LogP contribution is -2.45. The van der Waals surface area contributed by atoms with Crippen LogP contribution in [0, 0.1) is 5.92 Å². The summed E-state index contributed by atoms with van der Waals surface area (Å²) in [6, 6.07) is 8.80. The zero-order valence-corrected chi connectivity index (χ0v) is 12.8. The molecule has 24 heavy (non-hydrogen) atoms. The highest BCUT2D eigenvalue weighted by Crippen LogP contribution is 2.32.